The second kappa shape index (κ2) is 10.6. The molecule has 26 heavy (non-hydrogen) atoms. The zero-order chi connectivity index (χ0) is 18.8. The Bertz CT molecular complexity index is 668. The Morgan fingerprint density at radius 1 is 1.15 bits per heavy atom. The molecule has 2 rings (SSSR count). The van der Waals surface area contributed by atoms with Crippen molar-refractivity contribution in [2.75, 3.05) is 33.2 Å². The molecule has 0 saturated heterocycles. The predicted octanol–water partition coefficient (Wildman–Crippen LogP) is 3.21. The summed E-state index contributed by atoms with van der Waals surface area (Å²) < 4.78 is 19.3. The summed E-state index contributed by atoms with van der Waals surface area (Å²) in [6.45, 7) is 7.43. The number of nitrogens with zero attached hydrogens (tertiary/aromatic N) is 2. The summed E-state index contributed by atoms with van der Waals surface area (Å²) >= 11 is 0. The van der Waals surface area contributed by atoms with E-state index in [1.807, 2.05) is 18.2 Å². The minimum Gasteiger partial charge on any atom is -0.468 e. The Morgan fingerprint density at radius 2 is 1.92 bits per heavy atom. The summed E-state index contributed by atoms with van der Waals surface area (Å²) in [5, 5.41) is 6.60. The topological polar surface area (TPSA) is 52.8 Å². The first-order valence-electron chi connectivity index (χ1n) is 9.14. The Hall–Kier alpha value is -2.34. The van der Waals surface area contributed by atoms with Crippen molar-refractivity contribution in [2.45, 2.75) is 26.3 Å². The lowest BCUT2D eigenvalue weighted by atomic mass is 10.1. The van der Waals surface area contributed by atoms with Crippen LogP contribution in [0.2, 0.25) is 0 Å². The van der Waals surface area contributed by atoms with E-state index in [0.717, 1.165) is 18.8 Å². The Balaban J connectivity index is 1.89. The van der Waals surface area contributed by atoms with E-state index in [4.69, 9.17) is 4.42 Å². The summed E-state index contributed by atoms with van der Waals surface area (Å²) in [6, 6.07) is 10.9. The number of guanidine groups is 1. The van der Waals surface area contributed by atoms with Crippen molar-refractivity contribution in [3.05, 3.63) is 59.8 Å². The van der Waals surface area contributed by atoms with Crippen LogP contribution >= 0.6 is 0 Å². The summed E-state index contributed by atoms with van der Waals surface area (Å²) in [7, 11) is 1.73. The van der Waals surface area contributed by atoms with Gasteiger partial charge in [0.05, 0.1) is 12.3 Å². The van der Waals surface area contributed by atoms with Gasteiger partial charge in [-0.15, -0.1) is 0 Å². The van der Waals surface area contributed by atoms with Crippen molar-refractivity contribution < 1.29 is 8.81 Å². The molecule has 0 radical (unpaired) electrons. The summed E-state index contributed by atoms with van der Waals surface area (Å²) in [5.41, 5.74) is 0.701. The molecule has 0 saturated carbocycles. The molecule has 6 heteroatoms. The van der Waals surface area contributed by atoms with Crippen molar-refractivity contribution in [2.24, 2.45) is 4.99 Å². The highest BCUT2D eigenvalue weighted by atomic mass is 19.1. The number of hydrogen-bond donors (Lipinski definition) is 2. The average Bonchev–Trinajstić information content (AvgIpc) is 3.19. The van der Waals surface area contributed by atoms with Gasteiger partial charge in [-0.2, -0.15) is 0 Å². The third-order valence-corrected chi connectivity index (χ3v) is 4.46. The van der Waals surface area contributed by atoms with Crippen LogP contribution in [0.5, 0.6) is 0 Å². The van der Waals surface area contributed by atoms with Gasteiger partial charge in [-0.05, 0) is 43.3 Å². The maximum Gasteiger partial charge on any atom is 0.191 e. The lowest BCUT2D eigenvalue weighted by Gasteiger charge is -2.28. The maximum absolute atomic E-state index is 13.7. The predicted molar refractivity (Wildman–Crippen MR) is 104 cm³/mol. The molecule has 0 amide bonds. The zero-order valence-electron chi connectivity index (χ0n) is 15.8. The third kappa shape index (κ3) is 5.59. The van der Waals surface area contributed by atoms with Crippen molar-refractivity contribution in [1.82, 2.24) is 15.5 Å². The molecule has 0 bridgehead atoms. The highest BCUT2D eigenvalue weighted by Crippen LogP contribution is 2.20. The number of hydrogen-bond acceptors (Lipinski definition) is 3. The first-order valence-corrected chi connectivity index (χ1v) is 9.14. The van der Waals surface area contributed by atoms with E-state index in [0.29, 0.717) is 31.0 Å². The molecule has 1 unspecified atom stereocenters. The molecule has 142 valence electrons. The molecule has 0 fully saturated rings. The van der Waals surface area contributed by atoms with Crippen molar-refractivity contribution in [1.29, 1.82) is 0 Å². The monoisotopic (exact) mass is 360 g/mol. The van der Waals surface area contributed by atoms with Crippen LogP contribution in [-0.4, -0.2) is 44.1 Å². The highest BCUT2D eigenvalue weighted by molar-refractivity contribution is 5.79. The highest BCUT2D eigenvalue weighted by Gasteiger charge is 2.20. The van der Waals surface area contributed by atoms with E-state index in [9.17, 15) is 4.39 Å². The van der Waals surface area contributed by atoms with Gasteiger partial charge < -0.3 is 15.1 Å². The Morgan fingerprint density at radius 3 is 2.54 bits per heavy atom. The number of aliphatic imine (C=N–C) groups is 1. The minimum atomic E-state index is -0.170. The molecular weight excluding hydrogens is 331 g/mol. The second-order valence-corrected chi connectivity index (χ2v) is 5.97. The van der Waals surface area contributed by atoms with Crippen LogP contribution in [0.1, 0.15) is 31.2 Å². The molecule has 0 aliphatic heterocycles. The number of halogens is 1. The number of furan rings is 1. The normalized spacial score (nSPS) is 13.0. The van der Waals surface area contributed by atoms with E-state index >= 15 is 0 Å². The van der Waals surface area contributed by atoms with Gasteiger partial charge in [0.25, 0.3) is 0 Å². The minimum absolute atomic E-state index is 0.130. The van der Waals surface area contributed by atoms with E-state index in [1.54, 1.807) is 25.4 Å². The fraction of sp³-hybridized carbons (Fsp3) is 0.450. The van der Waals surface area contributed by atoms with Crippen LogP contribution in [0.25, 0.3) is 0 Å². The van der Waals surface area contributed by atoms with Gasteiger partial charge in [0.1, 0.15) is 11.6 Å². The Labute approximate surface area is 155 Å². The molecule has 2 aromatic rings. The van der Waals surface area contributed by atoms with Gasteiger partial charge in [0, 0.05) is 20.1 Å². The van der Waals surface area contributed by atoms with Gasteiger partial charge in [0.2, 0.25) is 0 Å². The van der Waals surface area contributed by atoms with Crippen molar-refractivity contribution in [3.63, 3.8) is 0 Å². The van der Waals surface area contributed by atoms with Crippen molar-refractivity contribution >= 4 is 5.96 Å². The SMILES string of the molecule is CCN(CC)C(CNC(=NC)NCCc1ccccc1F)c1ccco1. The van der Waals surface area contributed by atoms with Crippen molar-refractivity contribution in [3.8, 4) is 0 Å². The second-order valence-electron chi connectivity index (χ2n) is 5.97. The van der Waals surface area contributed by atoms with Gasteiger partial charge in [0.15, 0.2) is 5.96 Å². The van der Waals surface area contributed by atoms with Crippen LogP contribution in [-0.2, 0) is 6.42 Å². The van der Waals surface area contributed by atoms with Gasteiger partial charge >= 0.3 is 0 Å². The molecule has 2 N–H and O–H groups in total. The molecule has 0 spiro atoms. The number of rotatable bonds is 9. The molecule has 5 nitrogen and oxygen atoms in total. The maximum atomic E-state index is 13.7. The summed E-state index contributed by atoms with van der Waals surface area (Å²) in [5.74, 6) is 1.46. The summed E-state index contributed by atoms with van der Waals surface area (Å²) in [6.07, 6.45) is 2.30. The van der Waals surface area contributed by atoms with E-state index in [2.05, 4.69) is 34.4 Å². The Kier molecular flexibility index (Phi) is 8.15. The smallest absolute Gasteiger partial charge is 0.191 e. The molecular formula is C20H29FN4O. The lowest BCUT2D eigenvalue weighted by molar-refractivity contribution is 0.193. The molecule has 1 aromatic carbocycles. The molecule has 0 aliphatic rings. The van der Waals surface area contributed by atoms with Crippen LogP contribution in [0.3, 0.4) is 0 Å². The molecule has 1 atom stereocenters. The first kappa shape index (κ1) is 20.0. The number of likely N-dealkylation sites (N-methyl/N-ethyl adjacent to an activating group) is 1. The quantitative estimate of drug-likeness (QED) is 0.533. The zero-order valence-corrected chi connectivity index (χ0v) is 15.8. The largest absolute Gasteiger partial charge is 0.468 e. The fourth-order valence-electron chi connectivity index (χ4n) is 2.99. The summed E-state index contributed by atoms with van der Waals surface area (Å²) in [4.78, 5) is 6.59. The van der Waals surface area contributed by atoms with Gasteiger partial charge in [-0.25, -0.2) is 4.39 Å². The van der Waals surface area contributed by atoms with E-state index < -0.39 is 0 Å². The van der Waals surface area contributed by atoms with Crippen LogP contribution in [0, 0.1) is 5.82 Å². The van der Waals surface area contributed by atoms with E-state index in [-0.39, 0.29) is 11.9 Å². The lowest BCUT2D eigenvalue weighted by Crippen LogP contribution is -2.43. The van der Waals surface area contributed by atoms with Gasteiger partial charge in [-0.3, -0.25) is 9.89 Å². The standard InChI is InChI=1S/C20H29FN4O/c1-4-25(5-2)18(19-11-8-14-26-19)15-24-20(22-3)23-13-12-16-9-6-7-10-17(16)21/h6-11,14,18H,4-5,12-13,15H2,1-3H3,(H2,22,23,24). The van der Waals surface area contributed by atoms with Crippen LogP contribution < -0.4 is 10.6 Å². The molecule has 1 heterocycles. The molecule has 0 aliphatic carbocycles. The van der Waals surface area contributed by atoms with E-state index in [1.165, 1.54) is 6.07 Å². The fourth-order valence-corrected chi connectivity index (χ4v) is 2.99. The van der Waals surface area contributed by atoms with Crippen LogP contribution in [0.15, 0.2) is 52.1 Å². The third-order valence-electron chi connectivity index (χ3n) is 4.46. The number of benzene rings is 1. The number of nitrogens with one attached hydrogen (secondary N) is 2. The average molecular weight is 360 g/mol. The first-order chi connectivity index (χ1) is 12.7. The molecule has 1 aromatic heterocycles. The van der Waals surface area contributed by atoms with Crippen LogP contribution in [0.4, 0.5) is 4.39 Å². The van der Waals surface area contributed by atoms with Gasteiger partial charge in [-0.1, -0.05) is 32.0 Å².